The van der Waals surface area contributed by atoms with E-state index in [0.29, 0.717) is 17.1 Å². The van der Waals surface area contributed by atoms with E-state index in [0.717, 1.165) is 11.1 Å². The van der Waals surface area contributed by atoms with E-state index in [2.05, 4.69) is 14.7 Å². The standard InChI is InChI=1S/C14H19N3O2S/c1-4-13(14-15-5-6-16-14)17-20(18,19)12-8-10(2)7-11(3)9-12/h5-9,13,17H,4H2,1-3H3,(H,15,16). The minimum atomic E-state index is -3.55. The van der Waals surface area contributed by atoms with Crippen molar-refractivity contribution in [3.63, 3.8) is 0 Å². The van der Waals surface area contributed by atoms with Gasteiger partial charge in [0.15, 0.2) is 0 Å². The van der Waals surface area contributed by atoms with Crippen LogP contribution in [-0.4, -0.2) is 18.4 Å². The van der Waals surface area contributed by atoms with Crippen LogP contribution in [0.4, 0.5) is 0 Å². The summed E-state index contributed by atoms with van der Waals surface area (Å²) in [7, 11) is -3.55. The molecule has 0 spiro atoms. The second-order valence-corrected chi connectivity index (χ2v) is 6.59. The van der Waals surface area contributed by atoms with Crippen molar-refractivity contribution >= 4 is 10.0 Å². The third-order valence-corrected chi connectivity index (χ3v) is 4.51. The average molecular weight is 293 g/mol. The lowest BCUT2D eigenvalue weighted by molar-refractivity contribution is 0.539. The molecule has 0 aliphatic heterocycles. The number of H-pyrrole nitrogens is 1. The molecule has 0 fully saturated rings. The summed E-state index contributed by atoms with van der Waals surface area (Å²) < 4.78 is 27.6. The summed E-state index contributed by atoms with van der Waals surface area (Å²) in [4.78, 5) is 7.36. The highest BCUT2D eigenvalue weighted by molar-refractivity contribution is 7.89. The second kappa shape index (κ2) is 5.76. The van der Waals surface area contributed by atoms with E-state index in [1.807, 2.05) is 26.8 Å². The predicted molar refractivity (Wildman–Crippen MR) is 77.9 cm³/mol. The maximum atomic E-state index is 12.4. The fraction of sp³-hybridized carbons (Fsp3) is 0.357. The minimum absolute atomic E-state index is 0.292. The van der Waals surface area contributed by atoms with Crippen LogP contribution < -0.4 is 4.72 Å². The number of rotatable bonds is 5. The number of benzene rings is 1. The van der Waals surface area contributed by atoms with Crippen LogP contribution in [0.1, 0.15) is 36.3 Å². The van der Waals surface area contributed by atoms with Gasteiger partial charge in [0.1, 0.15) is 5.82 Å². The highest BCUT2D eigenvalue weighted by Crippen LogP contribution is 2.19. The largest absolute Gasteiger partial charge is 0.347 e. The van der Waals surface area contributed by atoms with Crippen LogP contribution in [-0.2, 0) is 10.0 Å². The zero-order valence-corrected chi connectivity index (χ0v) is 12.7. The lowest BCUT2D eigenvalue weighted by atomic mass is 10.2. The van der Waals surface area contributed by atoms with Gasteiger partial charge in [-0.3, -0.25) is 0 Å². The Bertz CT molecular complexity index is 658. The molecule has 1 aromatic carbocycles. The first-order chi connectivity index (χ1) is 9.42. The number of aromatic amines is 1. The van der Waals surface area contributed by atoms with Crippen LogP contribution in [0.3, 0.4) is 0 Å². The Hall–Kier alpha value is -1.66. The number of sulfonamides is 1. The third-order valence-electron chi connectivity index (χ3n) is 3.06. The Morgan fingerprint density at radius 2 is 1.90 bits per heavy atom. The maximum absolute atomic E-state index is 12.4. The molecule has 2 rings (SSSR count). The van der Waals surface area contributed by atoms with Crippen molar-refractivity contribution in [2.24, 2.45) is 0 Å². The number of nitrogens with one attached hydrogen (secondary N) is 2. The Balaban J connectivity index is 2.30. The zero-order chi connectivity index (χ0) is 14.8. The van der Waals surface area contributed by atoms with Crippen molar-refractivity contribution in [1.29, 1.82) is 0 Å². The first-order valence-corrected chi connectivity index (χ1v) is 8.00. The lowest BCUT2D eigenvalue weighted by Crippen LogP contribution is -2.29. The fourth-order valence-corrected chi connectivity index (χ4v) is 3.61. The van der Waals surface area contributed by atoms with Crippen LogP contribution in [0.2, 0.25) is 0 Å². The van der Waals surface area contributed by atoms with Gasteiger partial charge in [-0.2, -0.15) is 0 Å². The van der Waals surface area contributed by atoms with Gasteiger partial charge >= 0.3 is 0 Å². The van der Waals surface area contributed by atoms with Crippen molar-refractivity contribution in [3.8, 4) is 0 Å². The Kier molecular flexibility index (Phi) is 4.25. The average Bonchev–Trinajstić information content (AvgIpc) is 2.88. The van der Waals surface area contributed by atoms with Crippen LogP contribution >= 0.6 is 0 Å². The molecule has 2 aromatic rings. The molecule has 0 aliphatic rings. The molecular formula is C14H19N3O2S. The van der Waals surface area contributed by atoms with Gasteiger partial charge in [0, 0.05) is 12.4 Å². The number of hydrogen-bond acceptors (Lipinski definition) is 3. The van der Waals surface area contributed by atoms with E-state index in [1.165, 1.54) is 0 Å². The molecule has 20 heavy (non-hydrogen) atoms. The molecule has 6 heteroatoms. The monoisotopic (exact) mass is 293 g/mol. The van der Waals surface area contributed by atoms with Gasteiger partial charge in [-0.25, -0.2) is 18.1 Å². The molecule has 0 bridgehead atoms. The number of aryl methyl sites for hydroxylation is 2. The van der Waals surface area contributed by atoms with Crippen LogP contribution in [0, 0.1) is 13.8 Å². The van der Waals surface area contributed by atoms with E-state index in [4.69, 9.17) is 0 Å². The van der Waals surface area contributed by atoms with Crippen molar-refractivity contribution in [1.82, 2.24) is 14.7 Å². The molecule has 108 valence electrons. The van der Waals surface area contributed by atoms with Gasteiger partial charge in [0.05, 0.1) is 10.9 Å². The molecule has 0 saturated carbocycles. The van der Waals surface area contributed by atoms with Crippen LogP contribution in [0.25, 0.3) is 0 Å². The summed E-state index contributed by atoms with van der Waals surface area (Å²) in [6.45, 7) is 5.68. The molecule has 0 aliphatic carbocycles. The highest BCUT2D eigenvalue weighted by Gasteiger charge is 2.22. The van der Waals surface area contributed by atoms with E-state index in [9.17, 15) is 8.42 Å². The SMILES string of the molecule is CCC(NS(=O)(=O)c1cc(C)cc(C)c1)c1ncc[nH]1. The van der Waals surface area contributed by atoms with E-state index in [1.54, 1.807) is 24.5 Å². The molecule has 0 amide bonds. The molecule has 0 radical (unpaired) electrons. The molecule has 1 unspecified atom stereocenters. The smallest absolute Gasteiger partial charge is 0.241 e. The predicted octanol–water partition coefficient (Wildman–Crippen LogP) is 2.46. The Morgan fingerprint density at radius 1 is 1.25 bits per heavy atom. The van der Waals surface area contributed by atoms with Crippen LogP contribution in [0.15, 0.2) is 35.5 Å². The Morgan fingerprint density at radius 3 is 2.40 bits per heavy atom. The molecule has 1 aromatic heterocycles. The highest BCUT2D eigenvalue weighted by atomic mass is 32.2. The first-order valence-electron chi connectivity index (χ1n) is 6.52. The Labute approximate surface area is 119 Å². The van der Waals surface area contributed by atoms with E-state index >= 15 is 0 Å². The molecule has 1 heterocycles. The quantitative estimate of drug-likeness (QED) is 0.889. The van der Waals surface area contributed by atoms with Gasteiger partial charge in [-0.05, 0) is 43.5 Å². The van der Waals surface area contributed by atoms with Crippen molar-refractivity contribution in [2.45, 2.75) is 38.1 Å². The molecule has 1 atom stereocenters. The van der Waals surface area contributed by atoms with Crippen LogP contribution in [0.5, 0.6) is 0 Å². The summed E-state index contributed by atoms with van der Waals surface area (Å²) in [5, 5.41) is 0. The molecule has 0 saturated heterocycles. The number of nitrogens with zero attached hydrogens (tertiary/aromatic N) is 1. The number of aromatic nitrogens is 2. The van der Waals surface area contributed by atoms with Crippen molar-refractivity contribution < 1.29 is 8.42 Å². The minimum Gasteiger partial charge on any atom is -0.347 e. The normalized spacial score (nSPS) is 13.3. The topological polar surface area (TPSA) is 74.8 Å². The third kappa shape index (κ3) is 3.26. The van der Waals surface area contributed by atoms with Gasteiger partial charge in [-0.15, -0.1) is 0 Å². The van der Waals surface area contributed by atoms with E-state index < -0.39 is 10.0 Å². The number of hydrogen-bond donors (Lipinski definition) is 2. The summed E-state index contributed by atoms with van der Waals surface area (Å²) in [5.74, 6) is 0.625. The van der Waals surface area contributed by atoms with Gasteiger partial charge < -0.3 is 4.98 Å². The molecule has 5 nitrogen and oxygen atoms in total. The summed E-state index contributed by atoms with van der Waals surface area (Å²) in [6.07, 6.45) is 3.92. The van der Waals surface area contributed by atoms with Crippen molar-refractivity contribution in [3.05, 3.63) is 47.5 Å². The second-order valence-electron chi connectivity index (χ2n) is 4.88. The lowest BCUT2D eigenvalue weighted by Gasteiger charge is -2.15. The van der Waals surface area contributed by atoms with Crippen molar-refractivity contribution in [2.75, 3.05) is 0 Å². The van der Waals surface area contributed by atoms with Gasteiger partial charge in [0.2, 0.25) is 10.0 Å². The fourth-order valence-electron chi connectivity index (χ4n) is 2.14. The van der Waals surface area contributed by atoms with Gasteiger partial charge in [0.25, 0.3) is 0 Å². The zero-order valence-electron chi connectivity index (χ0n) is 11.8. The number of imidazole rings is 1. The molecular weight excluding hydrogens is 274 g/mol. The molecule has 2 N–H and O–H groups in total. The summed E-state index contributed by atoms with van der Waals surface area (Å²) in [6, 6.07) is 4.94. The summed E-state index contributed by atoms with van der Waals surface area (Å²) in [5.41, 5.74) is 1.85. The van der Waals surface area contributed by atoms with E-state index in [-0.39, 0.29) is 6.04 Å². The maximum Gasteiger partial charge on any atom is 0.241 e. The summed E-state index contributed by atoms with van der Waals surface area (Å²) >= 11 is 0. The van der Waals surface area contributed by atoms with Gasteiger partial charge in [-0.1, -0.05) is 13.0 Å². The first kappa shape index (κ1) is 14.7.